The summed E-state index contributed by atoms with van der Waals surface area (Å²) < 4.78 is 1.66. The standard InChI is InChI=1S/C14H18N6O/c1-2-3-4-14(21)16-11-7-8-19(9-11)13-6-5-12-17-15-10-20(12)18-13/h2,5-6,10-11H,1,3-4,7-9H2,(H,16,21). The van der Waals surface area contributed by atoms with Crippen molar-refractivity contribution < 1.29 is 4.79 Å². The molecule has 0 aromatic carbocycles. The molecule has 0 radical (unpaired) electrons. The molecule has 0 bridgehead atoms. The maximum atomic E-state index is 11.7. The first-order valence-corrected chi connectivity index (χ1v) is 7.08. The van der Waals surface area contributed by atoms with Gasteiger partial charge >= 0.3 is 0 Å². The van der Waals surface area contributed by atoms with Crippen molar-refractivity contribution in [3.05, 3.63) is 31.1 Å². The molecule has 1 unspecified atom stereocenters. The van der Waals surface area contributed by atoms with Crippen LogP contribution in [0.1, 0.15) is 19.3 Å². The molecule has 1 N–H and O–H groups in total. The predicted molar refractivity (Wildman–Crippen MR) is 79.0 cm³/mol. The van der Waals surface area contributed by atoms with E-state index in [0.29, 0.717) is 12.8 Å². The highest BCUT2D eigenvalue weighted by Crippen LogP contribution is 2.18. The largest absolute Gasteiger partial charge is 0.353 e. The zero-order valence-electron chi connectivity index (χ0n) is 11.8. The Morgan fingerprint density at radius 1 is 1.52 bits per heavy atom. The molecule has 2 aromatic rings. The van der Waals surface area contributed by atoms with Gasteiger partial charge in [0.05, 0.1) is 0 Å². The summed E-state index contributed by atoms with van der Waals surface area (Å²) in [5.41, 5.74) is 0.729. The van der Waals surface area contributed by atoms with Gasteiger partial charge in [-0.05, 0) is 25.0 Å². The van der Waals surface area contributed by atoms with E-state index in [1.807, 2.05) is 12.1 Å². The second-order valence-corrected chi connectivity index (χ2v) is 5.15. The lowest BCUT2D eigenvalue weighted by molar-refractivity contribution is -0.121. The first-order valence-electron chi connectivity index (χ1n) is 7.08. The molecule has 1 aliphatic heterocycles. The minimum absolute atomic E-state index is 0.0870. The molecule has 3 rings (SSSR count). The molecule has 7 nitrogen and oxygen atoms in total. The Kier molecular flexibility index (Phi) is 3.81. The number of carbonyl (C=O) groups excluding carboxylic acids is 1. The minimum Gasteiger partial charge on any atom is -0.353 e. The van der Waals surface area contributed by atoms with E-state index in [9.17, 15) is 4.79 Å². The highest BCUT2D eigenvalue weighted by molar-refractivity contribution is 5.76. The van der Waals surface area contributed by atoms with Crippen molar-refractivity contribution in [3.63, 3.8) is 0 Å². The molecule has 2 aromatic heterocycles. The molecule has 110 valence electrons. The molecular formula is C14H18N6O. The maximum absolute atomic E-state index is 11.7. The lowest BCUT2D eigenvalue weighted by Gasteiger charge is -2.17. The van der Waals surface area contributed by atoms with Crippen LogP contribution in [0.4, 0.5) is 5.82 Å². The lowest BCUT2D eigenvalue weighted by Crippen LogP contribution is -2.37. The van der Waals surface area contributed by atoms with Crippen LogP contribution < -0.4 is 10.2 Å². The Labute approximate surface area is 122 Å². The van der Waals surface area contributed by atoms with E-state index in [2.05, 4.69) is 32.1 Å². The SMILES string of the molecule is C=CCCC(=O)NC1CCN(c2ccc3nncn3n2)C1. The molecule has 0 saturated carbocycles. The molecule has 1 amide bonds. The highest BCUT2D eigenvalue weighted by atomic mass is 16.1. The number of hydrogen-bond donors (Lipinski definition) is 1. The first kappa shape index (κ1) is 13.5. The van der Waals surface area contributed by atoms with Crippen LogP contribution in [0.15, 0.2) is 31.1 Å². The summed E-state index contributed by atoms with van der Waals surface area (Å²) in [6, 6.07) is 4.01. The summed E-state index contributed by atoms with van der Waals surface area (Å²) in [5.74, 6) is 0.967. The molecule has 7 heteroatoms. The minimum atomic E-state index is 0.0870. The molecule has 0 spiro atoms. The van der Waals surface area contributed by atoms with Crippen molar-refractivity contribution in [3.8, 4) is 0 Å². The van der Waals surface area contributed by atoms with Gasteiger partial charge in [0, 0.05) is 25.6 Å². The van der Waals surface area contributed by atoms with Gasteiger partial charge in [-0.1, -0.05) is 6.08 Å². The van der Waals surface area contributed by atoms with Crippen LogP contribution in [0.5, 0.6) is 0 Å². The van der Waals surface area contributed by atoms with Gasteiger partial charge in [-0.2, -0.15) is 4.52 Å². The van der Waals surface area contributed by atoms with Crippen molar-refractivity contribution in [2.75, 3.05) is 18.0 Å². The average Bonchev–Trinajstić information content (AvgIpc) is 3.12. The number of allylic oxidation sites excluding steroid dienone is 1. The van der Waals surface area contributed by atoms with Crippen molar-refractivity contribution in [2.24, 2.45) is 0 Å². The number of anilines is 1. The summed E-state index contributed by atoms with van der Waals surface area (Å²) in [6.45, 7) is 5.29. The van der Waals surface area contributed by atoms with Crippen LogP contribution in [0, 0.1) is 0 Å². The monoisotopic (exact) mass is 286 g/mol. The fourth-order valence-electron chi connectivity index (χ4n) is 2.51. The number of fused-ring (bicyclic) bond motifs is 1. The van der Waals surface area contributed by atoms with Crippen LogP contribution >= 0.6 is 0 Å². The number of carbonyl (C=O) groups is 1. The van der Waals surface area contributed by atoms with Crippen molar-refractivity contribution in [2.45, 2.75) is 25.3 Å². The zero-order chi connectivity index (χ0) is 14.7. The Balaban J connectivity index is 1.61. The Bertz CT molecular complexity index is 652. The summed E-state index contributed by atoms with van der Waals surface area (Å²) in [6.07, 6.45) is 5.50. The van der Waals surface area contributed by atoms with Crippen LogP contribution in [-0.2, 0) is 4.79 Å². The fraction of sp³-hybridized carbons (Fsp3) is 0.429. The van der Waals surface area contributed by atoms with Crippen molar-refractivity contribution >= 4 is 17.4 Å². The zero-order valence-corrected chi connectivity index (χ0v) is 11.8. The Morgan fingerprint density at radius 3 is 3.29 bits per heavy atom. The topological polar surface area (TPSA) is 75.4 Å². The van der Waals surface area contributed by atoms with Crippen molar-refractivity contribution in [1.82, 2.24) is 25.1 Å². The van der Waals surface area contributed by atoms with Crippen LogP contribution in [0.25, 0.3) is 5.65 Å². The number of hydrogen-bond acceptors (Lipinski definition) is 5. The van der Waals surface area contributed by atoms with E-state index in [1.165, 1.54) is 0 Å². The van der Waals surface area contributed by atoms with Gasteiger partial charge in [-0.3, -0.25) is 4.79 Å². The van der Waals surface area contributed by atoms with Gasteiger partial charge in [0.1, 0.15) is 12.1 Å². The molecule has 3 heterocycles. The van der Waals surface area contributed by atoms with E-state index in [1.54, 1.807) is 16.9 Å². The average molecular weight is 286 g/mol. The van der Waals surface area contributed by atoms with Crippen LogP contribution in [-0.4, -0.2) is 44.8 Å². The van der Waals surface area contributed by atoms with E-state index in [0.717, 1.165) is 31.0 Å². The fourth-order valence-corrected chi connectivity index (χ4v) is 2.51. The number of aromatic nitrogens is 4. The van der Waals surface area contributed by atoms with E-state index in [-0.39, 0.29) is 11.9 Å². The summed E-state index contributed by atoms with van der Waals surface area (Å²) in [7, 11) is 0. The van der Waals surface area contributed by atoms with Crippen LogP contribution in [0.2, 0.25) is 0 Å². The van der Waals surface area contributed by atoms with E-state index >= 15 is 0 Å². The van der Waals surface area contributed by atoms with Crippen molar-refractivity contribution in [1.29, 1.82) is 0 Å². The normalized spacial score (nSPS) is 18.1. The van der Waals surface area contributed by atoms with Gasteiger partial charge < -0.3 is 10.2 Å². The predicted octanol–water partition coefficient (Wildman–Crippen LogP) is 0.785. The Morgan fingerprint density at radius 2 is 2.43 bits per heavy atom. The van der Waals surface area contributed by atoms with Gasteiger partial charge in [0.25, 0.3) is 0 Å². The quantitative estimate of drug-likeness (QED) is 0.822. The summed E-state index contributed by atoms with van der Waals surface area (Å²) >= 11 is 0. The van der Waals surface area contributed by atoms with E-state index in [4.69, 9.17) is 0 Å². The lowest BCUT2D eigenvalue weighted by atomic mass is 10.2. The number of amides is 1. The Hall–Kier alpha value is -2.44. The summed E-state index contributed by atoms with van der Waals surface area (Å²) in [4.78, 5) is 13.9. The second-order valence-electron chi connectivity index (χ2n) is 5.15. The third-order valence-electron chi connectivity index (χ3n) is 3.60. The molecule has 0 aliphatic carbocycles. The van der Waals surface area contributed by atoms with Gasteiger partial charge in [-0.15, -0.1) is 21.9 Å². The van der Waals surface area contributed by atoms with Gasteiger partial charge in [-0.25, -0.2) is 0 Å². The summed E-state index contributed by atoms with van der Waals surface area (Å²) in [5, 5.41) is 15.3. The number of rotatable bonds is 5. The molecule has 1 atom stereocenters. The van der Waals surface area contributed by atoms with E-state index < -0.39 is 0 Å². The third kappa shape index (κ3) is 3.01. The molecule has 1 aliphatic rings. The number of nitrogens with one attached hydrogen (secondary N) is 1. The highest BCUT2D eigenvalue weighted by Gasteiger charge is 2.24. The maximum Gasteiger partial charge on any atom is 0.220 e. The smallest absolute Gasteiger partial charge is 0.220 e. The second kappa shape index (κ2) is 5.90. The molecular weight excluding hydrogens is 268 g/mol. The third-order valence-corrected chi connectivity index (χ3v) is 3.60. The number of nitrogens with zero attached hydrogens (tertiary/aromatic N) is 5. The van der Waals surface area contributed by atoms with Gasteiger partial charge in [0.2, 0.25) is 5.91 Å². The molecule has 21 heavy (non-hydrogen) atoms. The van der Waals surface area contributed by atoms with Gasteiger partial charge in [0.15, 0.2) is 5.65 Å². The first-order chi connectivity index (χ1) is 10.3. The molecule has 1 fully saturated rings. The molecule has 1 saturated heterocycles. The van der Waals surface area contributed by atoms with Crippen LogP contribution in [0.3, 0.4) is 0 Å².